The van der Waals surface area contributed by atoms with Gasteiger partial charge in [0.05, 0.1) is 6.10 Å². The molecule has 3 fully saturated rings. The van der Waals surface area contributed by atoms with Gasteiger partial charge in [-0.25, -0.2) is 0 Å². The van der Waals surface area contributed by atoms with E-state index >= 15 is 0 Å². The molecule has 8 atom stereocenters. The molecule has 0 amide bonds. The van der Waals surface area contributed by atoms with Crippen molar-refractivity contribution in [2.45, 2.75) is 111 Å². The lowest BCUT2D eigenvalue weighted by Crippen LogP contribution is -2.50. The highest BCUT2D eigenvalue weighted by molar-refractivity contribution is 6.85. The smallest absolute Gasteiger partial charge is 0.0577 e. The molecule has 30 heavy (non-hydrogen) atoms. The molecule has 1 nitrogen and oxygen atoms in total. The van der Waals surface area contributed by atoms with E-state index < -0.39 is 0 Å². The van der Waals surface area contributed by atoms with Gasteiger partial charge in [-0.3, -0.25) is 0 Å². The lowest BCUT2D eigenvalue weighted by atomic mass is 9.47. The van der Waals surface area contributed by atoms with Crippen LogP contribution in [0.4, 0.5) is 0 Å². The van der Waals surface area contributed by atoms with Crippen molar-refractivity contribution in [1.82, 2.24) is 0 Å². The first-order valence-corrected chi connectivity index (χ1v) is 13.9. The van der Waals surface area contributed by atoms with Crippen molar-refractivity contribution in [3.63, 3.8) is 0 Å². The monoisotopic (exact) mass is 456 g/mol. The summed E-state index contributed by atoms with van der Waals surface area (Å²) < 4.78 is 0. The molecule has 0 aromatic rings. The molecule has 0 bridgehead atoms. The Morgan fingerprint density at radius 1 is 1.00 bits per heavy atom. The zero-order valence-corrected chi connectivity index (χ0v) is 21.6. The molecule has 0 unspecified atom stereocenters. The molecule has 0 aromatic heterocycles. The lowest BCUT2D eigenvalue weighted by molar-refractivity contribution is -0.0573. The molecule has 0 aromatic carbocycles. The van der Waals surface area contributed by atoms with Gasteiger partial charge in [0.1, 0.15) is 0 Å². The molecular formula is C27H46Cl2O. The zero-order chi connectivity index (χ0) is 22.1. The van der Waals surface area contributed by atoms with Gasteiger partial charge in [0, 0.05) is 21.7 Å². The van der Waals surface area contributed by atoms with Gasteiger partial charge in [0.15, 0.2) is 0 Å². The van der Waals surface area contributed by atoms with Gasteiger partial charge in [-0.15, -0.1) is 0 Å². The normalized spacial score (nSPS) is 43.6. The molecule has 1 N–H and O–H groups in total. The fourth-order valence-electron chi connectivity index (χ4n) is 8.67. The Morgan fingerprint density at radius 2 is 1.73 bits per heavy atom. The van der Waals surface area contributed by atoms with Gasteiger partial charge < -0.3 is 5.11 Å². The molecule has 174 valence electrons. The zero-order valence-electron chi connectivity index (χ0n) is 20.1. The van der Waals surface area contributed by atoms with Crippen LogP contribution in [0.3, 0.4) is 0 Å². The first-order valence-electron chi connectivity index (χ1n) is 12.8. The van der Waals surface area contributed by atoms with Crippen molar-refractivity contribution < 1.29 is 5.11 Å². The Balaban J connectivity index is 0.00000124. The van der Waals surface area contributed by atoms with Gasteiger partial charge in [-0.2, -0.15) is 0 Å². The highest BCUT2D eigenvalue weighted by atomic mass is 36.5. The number of aliphatic hydroxyl groups is 1. The van der Waals surface area contributed by atoms with Crippen molar-refractivity contribution in [3.05, 3.63) is 11.6 Å². The molecule has 4 aliphatic carbocycles. The summed E-state index contributed by atoms with van der Waals surface area (Å²) in [6.07, 6.45) is 17.2. The third-order valence-corrected chi connectivity index (χ3v) is 10.3. The Kier molecular flexibility index (Phi) is 8.34. The standard InChI is InChI=1S/C27H46O.Cl2/c1-18(2)7-6-8-19(3)23-11-12-24-22-10-9-20-17-21(28)13-15-26(20,4)25(22)14-16-27(23,24)5;1-2/h9,18-19,21-25,28H,6-8,10-17H2,1-5H3;/t19-,21+,22+,23-,24+,25+,26+,27-;/m1./s1. The first kappa shape index (κ1) is 24.9. The third-order valence-electron chi connectivity index (χ3n) is 10.3. The Labute approximate surface area is 196 Å². The minimum absolute atomic E-state index is 0.0766. The Morgan fingerprint density at radius 3 is 2.43 bits per heavy atom. The topological polar surface area (TPSA) is 20.2 Å². The van der Waals surface area contributed by atoms with Crippen molar-refractivity contribution in [2.24, 2.45) is 46.3 Å². The third kappa shape index (κ3) is 4.51. The fraction of sp³-hybridized carbons (Fsp3) is 0.926. The van der Waals surface area contributed by atoms with E-state index in [1.54, 1.807) is 5.57 Å². The summed E-state index contributed by atoms with van der Waals surface area (Å²) >= 11 is 0. The largest absolute Gasteiger partial charge is 0.393 e. The highest BCUT2D eigenvalue weighted by Gasteiger charge is 2.59. The molecule has 4 aliphatic rings. The van der Waals surface area contributed by atoms with Crippen molar-refractivity contribution in [1.29, 1.82) is 0 Å². The minimum Gasteiger partial charge on any atom is -0.393 e. The van der Waals surface area contributed by atoms with Gasteiger partial charge in [0.25, 0.3) is 0 Å². The summed E-state index contributed by atoms with van der Waals surface area (Å²) in [5.74, 6) is 5.46. The van der Waals surface area contributed by atoms with Gasteiger partial charge in [0.2, 0.25) is 0 Å². The first-order chi connectivity index (χ1) is 14.3. The second-order valence-electron chi connectivity index (χ2n) is 12.2. The van der Waals surface area contributed by atoms with E-state index in [4.69, 9.17) is 0 Å². The average molecular weight is 458 g/mol. The second kappa shape index (κ2) is 10.0. The van der Waals surface area contributed by atoms with Crippen LogP contribution in [0.15, 0.2) is 11.6 Å². The number of aliphatic hydroxyl groups excluding tert-OH is 1. The Hall–Kier alpha value is 0.280. The van der Waals surface area contributed by atoms with Gasteiger partial charge in [-0.1, -0.05) is 65.5 Å². The van der Waals surface area contributed by atoms with Crippen molar-refractivity contribution in [3.8, 4) is 0 Å². The van der Waals surface area contributed by atoms with Crippen molar-refractivity contribution >= 4 is 21.7 Å². The van der Waals surface area contributed by atoms with Crippen LogP contribution in [0.2, 0.25) is 0 Å². The minimum atomic E-state index is -0.0766. The molecule has 0 heterocycles. The van der Waals surface area contributed by atoms with E-state index in [2.05, 4.69) is 62.4 Å². The van der Waals surface area contributed by atoms with Crippen LogP contribution in [0, 0.1) is 46.3 Å². The molecule has 0 aliphatic heterocycles. The van der Waals surface area contributed by atoms with Crippen LogP contribution in [-0.4, -0.2) is 11.2 Å². The number of allylic oxidation sites excluding steroid dienone is 1. The summed E-state index contributed by atoms with van der Waals surface area (Å²) in [5.41, 5.74) is 2.60. The van der Waals surface area contributed by atoms with Crippen LogP contribution >= 0.6 is 21.7 Å². The number of hydrogen-bond acceptors (Lipinski definition) is 1. The SMILES string of the molecule is CC(C)CCC[C@@H](C)[C@H]1CC[C@H]2[C@@H]3CC=C4C[C@@H](O)CC[C@]4(C)[C@H]3CC[C@]12C.ClCl. The molecule has 0 saturated heterocycles. The van der Waals surface area contributed by atoms with Crippen LogP contribution in [-0.2, 0) is 0 Å². The lowest BCUT2D eigenvalue weighted by Gasteiger charge is -2.58. The van der Waals surface area contributed by atoms with E-state index in [-0.39, 0.29) is 6.10 Å². The molecular weight excluding hydrogens is 411 g/mol. The molecule has 4 rings (SSSR count). The summed E-state index contributed by atoms with van der Waals surface area (Å²) in [4.78, 5) is 0. The summed E-state index contributed by atoms with van der Waals surface area (Å²) in [5, 5.41) is 10.2. The predicted molar refractivity (Wildman–Crippen MR) is 131 cm³/mol. The average Bonchev–Trinajstić information content (AvgIpc) is 3.07. The maximum Gasteiger partial charge on any atom is 0.0577 e. The van der Waals surface area contributed by atoms with Gasteiger partial charge in [-0.05, 0) is 97.7 Å². The summed E-state index contributed by atoms with van der Waals surface area (Å²) in [6.45, 7) is 12.6. The number of fused-ring (bicyclic) bond motifs is 5. The van der Waals surface area contributed by atoms with E-state index in [9.17, 15) is 5.11 Å². The van der Waals surface area contributed by atoms with E-state index in [0.717, 1.165) is 48.3 Å². The number of rotatable bonds is 5. The van der Waals surface area contributed by atoms with E-state index in [1.807, 2.05) is 0 Å². The highest BCUT2D eigenvalue weighted by Crippen LogP contribution is 2.67. The maximum absolute atomic E-state index is 10.2. The van der Waals surface area contributed by atoms with Crippen LogP contribution in [0.5, 0.6) is 0 Å². The quantitative estimate of drug-likeness (QED) is 0.409. The van der Waals surface area contributed by atoms with Crippen LogP contribution in [0.25, 0.3) is 0 Å². The summed E-state index contributed by atoms with van der Waals surface area (Å²) in [7, 11) is 8.22. The number of hydrogen-bond donors (Lipinski definition) is 1. The second-order valence-corrected chi connectivity index (χ2v) is 12.2. The number of halogens is 2. The van der Waals surface area contributed by atoms with Crippen LogP contribution < -0.4 is 0 Å². The fourth-order valence-corrected chi connectivity index (χ4v) is 8.67. The maximum atomic E-state index is 10.2. The molecule has 3 saturated carbocycles. The van der Waals surface area contributed by atoms with Gasteiger partial charge >= 0.3 is 0 Å². The molecule has 0 radical (unpaired) electrons. The van der Waals surface area contributed by atoms with E-state index in [0.29, 0.717) is 10.8 Å². The Bertz CT molecular complexity index is 602. The van der Waals surface area contributed by atoms with Crippen LogP contribution in [0.1, 0.15) is 105 Å². The molecule has 3 heteroatoms. The predicted octanol–water partition coefficient (Wildman–Crippen LogP) is 8.77. The van der Waals surface area contributed by atoms with Crippen molar-refractivity contribution in [2.75, 3.05) is 0 Å². The van der Waals surface area contributed by atoms with E-state index in [1.165, 1.54) is 57.8 Å². The molecule has 0 spiro atoms. The summed E-state index contributed by atoms with van der Waals surface area (Å²) in [6, 6.07) is 0.